The minimum Gasteiger partial charge on any atom is -0.420 e. The van der Waals surface area contributed by atoms with Crippen molar-refractivity contribution in [1.29, 1.82) is 10.8 Å². The van der Waals surface area contributed by atoms with Crippen LogP contribution in [-0.2, 0) is 27.2 Å². The highest BCUT2D eigenvalue weighted by Crippen LogP contribution is 2.21. The van der Waals surface area contributed by atoms with Crippen molar-refractivity contribution in [2.45, 2.75) is 25.3 Å². The van der Waals surface area contributed by atoms with E-state index < -0.39 is 17.8 Å². The van der Waals surface area contributed by atoms with Gasteiger partial charge in [0, 0.05) is 12.1 Å². The van der Waals surface area contributed by atoms with E-state index in [1.807, 2.05) is 54.6 Å². The molecular weight excluding hydrogens is 344 g/mol. The van der Waals surface area contributed by atoms with Crippen molar-refractivity contribution in [2.75, 3.05) is 5.32 Å². The zero-order valence-electron chi connectivity index (χ0n) is 14.6. The smallest absolute Gasteiger partial charge is 0.307 e. The fraction of sp³-hybridized carbons (Fsp3) is 0.200. The van der Waals surface area contributed by atoms with Gasteiger partial charge in [-0.1, -0.05) is 48.5 Å². The molecule has 0 saturated heterocycles. The highest BCUT2D eigenvalue weighted by atomic mass is 16.5. The molecule has 7 nitrogen and oxygen atoms in total. The summed E-state index contributed by atoms with van der Waals surface area (Å²) in [6.45, 7) is 0. The second-order valence-corrected chi connectivity index (χ2v) is 6.23. The number of carbonyl (C=O) groups is 2. The average molecular weight is 364 g/mol. The number of hydrogen-bond acceptors (Lipinski definition) is 5. The van der Waals surface area contributed by atoms with E-state index in [0.717, 1.165) is 16.8 Å². The fourth-order valence-corrected chi connectivity index (χ4v) is 2.86. The Balaban J connectivity index is 1.54. The summed E-state index contributed by atoms with van der Waals surface area (Å²) in [4.78, 5) is 24.5. The molecule has 3 rings (SSSR count). The number of para-hydroxylation sites is 1. The average Bonchev–Trinajstić information content (AvgIpc) is 2.81. The van der Waals surface area contributed by atoms with Gasteiger partial charge in [0.25, 0.3) is 5.90 Å². The fourth-order valence-electron chi connectivity index (χ4n) is 2.86. The van der Waals surface area contributed by atoms with Gasteiger partial charge in [-0.3, -0.25) is 20.4 Å². The third-order valence-electron chi connectivity index (χ3n) is 4.24. The predicted octanol–water partition coefficient (Wildman–Crippen LogP) is 2.27. The molecule has 2 amide bonds. The van der Waals surface area contributed by atoms with Gasteiger partial charge in [0.05, 0.1) is 0 Å². The van der Waals surface area contributed by atoms with Gasteiger partial charge >= 0.3 is 5.91 Å². The van der Waals surface area contributed by atoms with E-state index in [0.29, 0.717) is 12.8 Å². The Kier molecular flexibility index (Phi) is 5.61. The standard InChI is InChI=1S/C20H20N4O3/c21-17(12-13-6-2-1-3-7-13)27-18(22)20(26)24-16-11-10-14-8-4-5-9-15(14)23-19(16)25/h1-9,16,21-22H,10-12H2,(H,23,25)(H,24,26)/t16-/m0/s1. The summed E-state index contributed by atoms with van der Waals surface area (Å²) in [5.41, 5.74) is 2.57. The monoisotopic (exact) mass is 364 g/mol. The van der Waals surface area contributed by atoms with E-state index >= 15 is 0 Å². The van der Waals surface area contributed by atoms with Gasteiger partial charge in [-0.25, -0.2) is 0 Å². The van der Waals surface area contributed by atoms with Gasteiger partial charge in [-0.05, 0) is 30.0 Å². The first-order valence-electron chi connectivity index (χ1n) is 8.60. The number of carbonyl (C=O) groups excluding carboxylic acids is 2. The summed E-state index contributed by atoms with van der Waals surface area (Å²) in [6, 6.07) is 15.9. The Hall–Kier alpha value is -3.48. The maximum atomic E-state index is 12.3. The first-order valence-corrected chi connectivity index (χ1v) is 8.60. The number of fused-ring (bicyclic) bond motifs is 1. The van der Waals surface area contributed by atoms with Gasteiger partial charge < -0.3 is 15.4 Å². The molecule has 0 radical (unpaired) electrons. The molecule has 0 aliphatic carbocycles. The maximum absolute atomic E-state index is 12.3. The SMILES string of the molecule is N=C(Cc1ccccc1)OC(=N)C(=O)N[C@H]1CCc2ccccc2NC1=O. The molecule has 1 aliphatic rings. The third kappa shape index (κ3) is 4.78. The highest BCUT2D eigenvalue weighted by molar-refractivity contribution is 6.36. The molecule has 0 unspecified atom stereocenters. The second-order valence-electron chi connectivity index (χ2n) is 6.23. The zero-order chi connectivity index (χ0) is 19.2. The van der Waals surface area contributed by atoms with Crippen LogP contribution in [0.4, 0.5) is 5.69 Å². The lowest BCUT2D eigenvalue weighted by Crippen LogP contribution is -2.46. The number of hydrogen-bond donors (Lipinski definition) is 4. The van der Waals surface area contributed by atoms with E-state index in [9.17, 15) is 9.59 Å². The number of ether oxygens (including phenoxy) is 1. The lowest BCUT2D eigenvalue weighted by atomic mass is 10.1. The molecule has 4 N–H and O–H groups in total. The number of rotatable bonds is 3. The van der Waals surface area contributed by atoms with Crippen LogP contribution in [0, 0.1) is 10.8 Å². The molecule has 0 spiro atoms. The number of anilines is 1. The molecule has 7 heteroatoms. The van der Waals surface area contributed by atoms with E-state index in [1.165, 1.54) is 0 Å². The zero-order valence-corrected chi connectivity index (χ0v) is 14.6. The van der Waals surface area contributed by atoms with E-state index in [1.54, 1.807) is 0 Å². The van der Waals surface area contributed by atoms with Crippen molar-refractivity contribution in [1.82, 2.24) is 5.32 Å². The summed E-state index contributed by atoms with van der Waals surface area (Å²) in [6.07, 6.45) is 1.22. The minimum absolute atomic E-state index is 0.176. The predicted molar refractivity (Wildman–Crippen MR) is 102 cm³/mol. The summed E-state index contributed by atoms with van der Waals surface area (Å²) >= 11 is 0. The molecular formula is C20H20N4O3. The maximum Gasteiger partial charge on any atom is 0.307 e. The van der Waals surface area contributed by atoms with Crippen LogP contribution in [0.2, 0.25) is 0 Å². The number of amides is 2. The van der Waals surface area contributed by atoms with Crippen molar-refractivity contribution < 1.29 is 14.3 Å². The van der Waals surface area contributed by atoms with Crippen LogP contribution in [0.25, 0.3) is 0 Å². The molecule has 2 aromatic rings. The lowest BCUT2D eigenvalue weighted by Gasteiger charge is -2.15. The molecule has 138 valence electrons. The van der Waals surface area contributed by atoms with Crippen molar-refractivity contribution in [3.05, 3.63) is 65.7 Å². The van der Waals surface area contributed by atoms with Crippen molar-refractivity contribution in [3.63, 3.8) is 0 Å². The van der Waals surface area contributed by atoms with Crippen LogP contribution >= 0.6 is 0 Å². The van der Waals surface area contributed by atoms with Crippen molar-refractivity contribution in [2.24, 2.45) is 0 Å². The summed E-state index contributed by atoms with van der Waals surface area (Å²) in [5, 5.41) is 20.9. The first kappa shape index (κ1) is 18.3. The van der Waals surface area contributed by atoms with Gasteiger partial charge in [-0.15, -0.1) is 0 Å². The molecule has 1 atom stereocenters. The van der Waals surface area contributed by atoms with E-state index in [2.05, 4.69) is 10.6 Å². The first-order chi connectivity index (χ1) is 13.0. The number of aryl methyl sites for hydroxylation is 1. The second kappa shape index (κ2) is 8.27. The van der Waals surface area contributed by atoms with Gasteiger partial charge in [0.2, 0.25) is 5.91 Å². The van der Waals surface area contributed by atoms with Crippen LogP contribution in [0.15, 0.2) is 54.6 Å². The molecule has 1 aliphatic heterocycles. The molecule has 2 aromatic carbocycles. The minimum atomic E-state index is -0.820. The molecule has 0 aromatic heterocycles. The number of nitrogens with one attached hydrogen (secondary N) is 4. The molecule has 27 heavy (non-hydrogen) atoms. The Labute approximate surface area is 156 Å². The quantitative estimate of drug-likeness (QED) is 0.494. The van der Waals surface area contributed by atoms with Crippen LogP contribution in [0.5, 0.6) is 0 Å². The van der Waals surface area contributed by atoms with Crippen molar-refractivity contribution >= 4 is 29.3 Å². The molecule has 0 saturated carbocycles. The van der Waals surface area contributed by atoms with Crippen LogP contribution in [0.3, 0.4) is 0 Å². The summed E-state index contributed by atoms with van der Waals surface area (Å²) in [7, 11) is 0. The number of benzene rings is 2. The molecule has 1 heterocycles. The summed E-state index contributed by atoms with van der Waals surface area (Å²) < 4.78 is 5.01. The third-order valence-corrected chi connectivity index (χ3v) is 4.24. The Morgan fingerprint density at radius 2 is 1.81 bits per heavy atom. The Morgan fingerprint density at radius 1 is 1.11 bits per heavy atom. The van der Waals surface area contributed by atoms with Gasteiger partial charge in [0.1, 0.15) is 6.04 Å². The Bertz CT molecular complexity index is 880. The normalized spacial score (nSPS) is 15.7. The van der Waals surface area contributed by atoms with E-state index in [4.69, 9.17) is 15.6 Å². The largest absolute Gasteiger partial charge is 0.420 e. The van der Waals surface area contributed by atoms with Gasteiger partial charge in [-0.2, -0.15) is 0 Å². The molecule has 0 bridgehead atoms. The van der Waals surface area contributed by atoms with Crippen LogP contribution < -0.4 is 10.6 Å². The van der Waals surface area contributed by atoms with Crippen LogP contribution in [-0.4, -0.2) is 29.7 Å². The van der Waals surface area contributed by atoms with Crippen molar-refractivity contribution in [3.8, 4) is 0 Å². The lowest BCUT2D eigenvalue weighted by molar-refractivity contribution is -0.123. The summed E-state index contributed by atoms with van der Waals surface area (Å²) in [5.74, 6) is -2.07. The Morgan fingerprint density at radius 3 is 2.59 bits per heavy atom. The highest BCUT2D eigenvalue weighted by Gasteiger charge is 2.27. The topological polar surface area (TPSA) is 115 Å². The molecule has 0 fully saturated rings. The van der Waals surface area contributed by atoms with E-state index in [-0.39, 0.29) is 18.2 Å². The van der Waals surface area contributed by atoms with Gasteiger partial charge in [0.15, 0.2) is 5.90 Å². The van der Waals surface area contributed by atoms with Crippen LogP contribution in [0.1, 0.15) is 17.5 Å².